The highest BCUT2D eigenvalue weighted by Gasteiger charge is 2.26. The molecule has 0 aliphatic carbocycles. The Morgan fingerprint density at radius 1 is 0.340 bits per heavy atom. The highest BCUT2D eigenvalue weighted by Crippen LogP contribution is 2.47. The van der Waals surface area contributed by atoms with Crippen LogP contribution in [-0.4, -0.2) is 23.5 Å². The van der Waals surface area contributed by atoms with Crippen molar-refractivity contribution in [2.24, 2.45) is 0 Å². The zero-order valence-corrected chi connectivity index (χ0v) is 28.3. The predicted molar refractivity (Wildman–Crippen MR) is 220 cm³/mol. The number of benzene rings is 8. The Hall–Kier alpha value is -7.24. The van der Waals surface area contributed by atoms with Crippen LogP contribution in [0.25, 0.3) is 115 Å². The van der Waals surface area contributed by atoms with Gasteiger partial charge < -0.3 is 4.40 Å². The van der Waals surface area contributed by atoms with E-state index in [1.165, 1.54) is 70.4 Å². The highest BCUT2D eigenvalue weighted by atomic mass is 15.2. The molecule has 0 aliphatic rings. The van der Waals surface area contributed by atoms with Crippen molar-refractivity contribution in [3.8, 4) is 11.8 Å². The maximum absolute atomic E-state index is 5.61. The van der Waals surface area contributed by atoms with E-state index in [-0.39, 0.29) is 0 Å². The second-order valence-electron chi connectivity index (χ2n) is 14.2. The number of fused-ring (bicyclic) bond motifs is 16. The van der Waals surface area contributed by atoms with Crippen LogP contribution in [-0.2, 0) is 0 Å². The molecule has 5 heteroatoms. The van der Waals surface area contributed by atoms with Crippen molar-refractivity contribution in [2.45, 2.75) is 0 Å². The number of aromatic nitrogens is 5. The lowest BCUT2D eigenvalue weighted by molar-refractivity contribution is 0.974. The summed E-state index contributed by atoms with van der Waals surface area (Å²) in [5.41, 5.74) is 9.04. The van der Waals surface area contributed by atoms with E-state index in [1.807, 2.05) is 0 Å². The van der Waals surface area contributed by atoms with Gasteiger partial charge in [0.2, 0.25) is 5.95 Å². The van der Waals surface area contributed by atoms with E-state index in [4.69, 9.17) is 9.97 Å². The van der Waals surface area contributed by atoms with Crippen molar-refractivity contribution in [2.75, 3.05) is 0 Å². The molecule has 0 atom stereocenters. The average Bonchev–Trinajstić information content (AvgIpc) is 3.94. The summed E-state index contributed by atoms with van der Waals surface area (Å²) < 4.78 is 7.15. The topological polar surface area (TPSA) is 40.0 Å². The average molecular weight is 674 g/mol. The molecule has 5 aromatic heterocycles. The van der Waals surface area contributed by atoms with Gasteiger partial charge in [0.15, 0.2) is 5.82 Å². The first-order chi connectivity index (χ1) is 26.3. The zero-order valence-electron chi connectivity index (χ0n) is 28.3. The van der Waals surface area contributed by atoms with Crippen molar-refractivity contribution in [3.63, 3.8) is 0 Å². The minimum Gasteiger partial charge on any atom is -0.307 e. The molecule has 0 aliphatic heterocycles. The lowest BCUT2D eigenvalue weighted by Gasteiger charge is -2.14. The van der Waals surface area contributed by atoms with E-state index in [0.717, 1.165) is 38.8 Å². The molecule has 0 saturated carbocycles. The van der Waals surface area contributed by atoms with Crippen molar-refractivity contribution in [3.05, 3.63) is 164 Å². The lowest BCUT2D eigenvalue weighted by Crippen LogP contribution is -2.07. The van der Waals surface area contributed by atoms with Crippen LogP contribution in [0.5, 0.6) is 0 Å². The van der Waals surface area contributed by atoms with Crippen LogP contribution in [0.3, 0.4) is 0 Å². The Morgan fingerprint density at radius 2 is 0.887 bits per heavy atom. The van der Waals surface area contributed by atoms with E-state index < -0.39 is 0 Å². The smallest absolute Gasteiger partial charge is 0.237 e. The summed E-state index contributed by atoms with van der Waals surface area (Å²) >= 11 is 0. The van der Waals surface area contributed by atoms with Gasteiger partial charge in [0.05, 0.1) is 44.1 Å². The monoisotopic (exact) mass is 673 g/mol. The Bertz CT molecular complexity index is 3640. The SMILES string of the molecule is c1ccc2c(c1)ccc1c3cc4c5ccccc5n(-c5nc(-n6c7ccccc7c7ccccc76)c6ccccc6n5)c4c4c5ccccc5n(c21)c34. The largest absolute Gasteiger partial charge is 0.307 e. The number of para-hydroxylation sites is 5. The van der Waals surface area contributed by atoms with Gasteiger partial charge in [0.25, 0.3) is 0 Å². The molecule has 0 bridgehead atoms. The Morgan fingerprint density at radius 3 is 1.62 bits per heavy atom. The standard InChI is InChI=1S/C48H27N5/c1-2-14-29-28(13-1)25-26-33-37-27-36-32-17-6-11-23-41(32)53(46(36)43-35-19-7-12-24-42(35)52(44(29)33)45(37)43)48-49-38-20-8-3-18-34(38)47(50-48)51-39-21-9-4-15-30(39)31-16-5-10-22-40(31)51/h1-27H. The second-order valence-corrected chi connectivity index (χ2v) is 14.2. The molecule has 13 rings (SSSR count). The van der Waals surface area contributed by atoms with Crippen molar-refractivity contribution in [1.29, 1.82) is 0 Å². The minimum atomic E-state index is 0.653. The molecule has 244 valence electrons. The fourth-order valence-corrected chi connectivity index (χ4v) is 9.43. The zero-order chi connectivity index (χ0) is 34.4. The van der Waals surface area contributed by atoms with E-state index in [1.54, 1.807) is 0 Å². The Kier molecular flexibility index (Phi) is 5.06. The first-order valence-electron chi connectivity index (χ1n) is 18.1. The van der Waals surface area contributed by atoms with Crippen LogP contribution >= 0.6 is 0 Å². The van der Waals surface area contributed by atoms with E-state index in [9.17, 15) is 0 Å². The van der Waals surface area contributed by atoms with Gasteiger partial charge >= 0.3 is 0 Å². The van der Waals surface area contributed by atoms with E-state index in [2.05, 4.69) is 177 Å². The third kappa shape index (κ3) is 3.37. The third-order valence-corrected chi connectivity index (χ3v) is 11.5. The molecule has 5 heterocycles. The Labute approximate surface area is 301 Å². The van der Waals surface area contributed by atoms with Crippen LogP contribution in [0.2, 0.25) is 0 Å². The van der Waals surface area contributed by atoms with E-state index >= 15 is 0 Å². The van der Waals surface area contributed by atoms with Crippen molar-refractivity contribution >= 4 is 103 Å². The van der Waals surface area contributed by atoms with Gasteiger partial charge in [-0.3, -0.25) is 9.13 Å². The summed E-state index contributed by atoms with van der Waals surface area (Å²) in [6.45, 7) is 0. The van der Waals surface area contributed by atoms with Gasteiger partial charge in [-0.2, -0.15) is 4.98 Å². The fraction of sp³-hybridized carbons (Fsp3) is 0. The van der Waals surface area contributed by atoms with Crippen LogP contribution in [0.15, 0.2) is 164 Å². The van der Waals surface area contributed by atoms with Gasteiger partial charge in [-0.15, -0.1) is 0 Å². The summed E-state index contributed by atoms with van der Waals surface area (Å²) in [4.78, 5) is 11.0. The maximum Gasteiger partial charge on any atom is 0.237 e. The molecule has 5 nitrogen and oxygen atoms in total. The molecular weight excluding hydrogens is 647 g/mol. The maximum atomic E-state index is 5.61. The second kappa shape index (κ2) is 9.75. The molecule has 0 radical (unpaired) electrons. The molecule has 0 spiro atoms. The summed E-state index contributed by atoms with van der Waals surface area (Å²) in [6.07, 6.45) is 0. The van der Waals surface area contributed by atoms with Gasteiger partial charge in [-0.25, -0.2) is 4.98 Å². The van der Waals surface area contributed by atoms with Crippen LogP contribution in [0, 0.1) is 0 Å². The highest BCUT2D eigenvalue weighted by molar-refractivity contribution is 6.35. The third-order valence-electron chi connectivity index (χ3n) is 11.5. The lowest BCUT2D eigenvalue weighted by atomic mass is 10.0. The van der Waals surface area contributed by atoms with Gasteiger partial charge in [0.1, 0.15) is 0 Å². The Balaban J connectivity index is 1.25. The minimum absolute atomic E-state index is 0.653. The van der Waals surface area contributed by atoms with Gasteiger partial charge in [-0.1, -0.05) is 121 Å². The number of rotatable bonds is 2. The molecule has 0 fully saturated rings. The number of hydrogen-bond donors (Lipinski definition) is 0. The molecule has 0 N–H and O–H groups in total. The molecule has 13 aromatic rings. The van der Waals surface area contributed by atoms with Crippen LogP contribution in [0.4, 0.5) is 0 Å². The number of nitrogens with zero attached hydrogens (tertiary/aromatic N) is 5. The summed E-state index contributed by atoms with van der Waals surface area (Å²) in [5, 5.41) is 13.3. The molecular formula is C48H27N5. The summed E-state index contributed by atoms with van der Waals surface area (Å²) in [6, 6.07) is 59.0. The van der Waals surface area contributed by atoms with Gasteiger partial charge in [0, 0.05) is 53.9 Å². The molecule has 0 saturated heterocycles. The van der Waals surface area contributed by atoms with Crippen LogP contribution < -0.4 is 0 Å². The first-order valence-corrected chi connectivity index (χ1v) is 18.1. The quantitative estimate of drug-likeness (QED) is 0.183. The first kappa shape index (κ1) is 27.5. The summed E-state index contributed by atoms with van der Waals surface area (Å²) in [5.74, 6) is 1.52. The predicted octanol–water partition coefficient (Wildman–Crippen LogP) is 12.1. The van der Waals surface area contributed by atoms with Gasteiger partial charge in [-0.05, 0) is 47.9 Å². The molecule has 8 aromatic carbocycles. The van der Waals surface area contributed by atoms with E-state index in [0.29, 0.717) is 5.95 Å². The molecule has 0 amide bonds. The fourth-order valence-electron chi connectivity index (χ4n) is 9.43. The normalized spacial score (nSPS) is 12.5. The van der Waals surface area contributed by atoms with Crippen LogP contribution in [0.1, 0.15) is 0 Å². The number of hydrogen-bond acceptors (Lipinski definition) is 2. The van der Waals surface area contributed by atoms with Crippen molar-refractivity contribution in [1.82, 2.24) is 23.5 Å². The molecule has 0 unspecified atom stereocenters. The van der Waals surface area contributed by atoms with Crippen molar-refractivity contribution < 1.29 is 0 Å². The molecule has 53 heavy (non-hydrogen) atoms. The summed E-state index contributed by atoms with van der Waals surface area (Å²) in [7, 11) is 0.